The summed E-state index contributed by atoms with van der Waals surface area (Å²) in [4.78, 5) is 146. The Morgan fingerprint density at radius 3 is 1.86 bits per heavy atom. The van der Waals surface area contributed by atoms with Gasteiger partial charge in [-0.25, -0.2) is 4.79 Å². The average Bonchev–Trinajstić information content (AvgIpc) is 3.78. The van der Waals surface area contributed by atoms with Crippen LogP contribution in [0.2, 0.25) is 0 Å². The van der Waals surface area contributed by atoms with Crippen molar-refractivity contribution in [2.24, 2.45) is 29.2 Å². The molecule has 18 N–H and O–H groups in total. The number of carbonyl (C=O) groups excluding carboxylic acids is 10. The van der Waals surface area contributed by atoms with Crippen LogP contribution in [-0.4, -0.2) is 171 Å². The van der Waals surface area contributed by atoms with Crippen molar-refractivity contribution in [3.05, 3.63) is 89.4 Å². The van der Waals surface area contributed by atoms with Gasteiger partial charge in [-0.05, 0) is 68.7 Å². The molecule has 0 saturated carbocycles. The number of nitrogens with one attached hydrogen (secondary N) is 10. The van der Waals surface area contributed by atoms with E-state index in [9.17, 15) is 68.4 Å². The highest BCUT2D eigenvalue weighted by atomic mass is 16.5. The van der Waals surface area contributed by atoms with Crippen LogP contribution in [-0.2, 0) is 59.1 Å². The molecule has 27 heteroatoms. The molecule has 0 spiro atoms. The minimum Gasteiger partial charge on any atom is -0.458 e. The topological polar surface area (TPSA) is 437 Å². The van der Waals surface area contributed by atoms with E-state index < -0.39 is 168 Å². The molecule has 460 valence electrons. The van der Waals surface area contributed by atoms with Crippen LogP contribution in [0.25, 0.3) is 17.0 Å². The number of benzene rings is 2. The van der Waals surface area contributed by atoms with Crippen LogP contribution in [0.3, 0.4) is 0 Å². The monoisotopic (exact) mass is 1170 g/mol. The molecule has 0 bridgehead atoms. The van der Waals surface area contributed by atoms with E-state index in [0.717, 1.165) is 13.0 Å². The number of aromatic nitrogens is 1. The van der Waals surface area contributed by atoms with Gasteiger partial charge in [0.2, 0.25) is 41.4 Å². The molecule has 0 unspecified atom stereocenters. The van der Waals surface area contributed by atoms with Crippen LogP contribution in [0.5, 0.6) is 0 Å². The first-order valence-corrected chi connectivity index (χ1v) is 27.8. The van der Waals surface area contributed by atoms with Crippen LogP contribution in [0.15, 0.2) is 78.3 Å². The van der Waals surface area contributed by atoms with Gasteiger partial charge in [-0.3, -0.25) is 43.2 Å². The van der Waals surface area contributed by atoms with E-state index in [0.29, 0.717) is 28.5 Å². The van der Waals surface area contributed by atoms with Crippen LogP contribution in [0.1, 0.15) is 85.8 Å². The molecule has 84 heavy (non-hydrogen) atoms. The van der Waals surface area contributed by atoms with Crippen molar-refractivity contribution in [3.8, 4) is 0 Å². The van der Waals surface area contributed by atoms with Crippen LogP contribution in [0, 0.1) is 17.8 Å². The fraction of sp³-hybridized carbons (Fsp3) is 0.509. The molecule has 2 heterocycles. The molecular weight excluding hydrogens is 1090 g/mol. The number of allylic oxidation sites excluding steroid dienone is 1. The number of aliphatic hydroxyl groups excluding tert-OH is 4. The Kier molecular flexibility index (Phi) is 26.6. The first-order chi connectivity index (χ1) is 39.8. The summed E-state index contributed by atoms with van der Waals surface area (Å²) in [6.45, 7) is 9.67. The summed E-state index contributed by atoms with van der Waals surface area (Å²) in [5.41, 5.74) is 12.7. The summed E-state index contributed by atoms with van der Waals surface area (Å²) in [6, 6.07) is 1.34. The molecule has 1 aliphatic rings. The molecule has 3 aromatic rings. The van der Waals surface area contributed by atoms with E-state index in [4.69, 9.17) is 16.2 Å². The van der Waals surface area contributed by atoms with Crippen molar-refractivity contribution in [2.75, 3.05) is 19.8 Å². The molecule has 2 aromatic carbocycles. The number of hydrogen-bond donors (Lipinski definition) is 16. The maximum atomic E-state index is 14.8. The molecule has 9 amide bonds. The zero-order valence-corrected chi connectivity index (χ0v) is 48.4. The third-order valence-corrected chi connectivity index (χ3v) is 14.1. The number of amides is 9. The van der Waals surface area contributed by atoms with E-state index in [1.54, 1.807) is 68.4 Å². The van der Waals surface area contributed by atoms with Crippen molar-refractivity contribution in [1.82, 2.24) is 52.8 Å². The molecule has 0 aliphatic carbocycles. The predicted octanol–water partition coefficient (Wildman–Crippen LogP) is -2.64. The highest BCUT2D eigenvalue weighted by molar-refractivity contribution is 6.07. The molecule has 1 aliphatic heterocycles. The average molecular weight is 1180 g/mol. The standard InChI is InChI=1S/C57H82N12O15/c1-9-30(7)42(59)53(79)69-45-47(29(5)6)84-57(83)39(23-32-17-12-11-13-18-32)64-49(75)37(21-16-22-58)62-50(76)38(24-33-25-60-36-20-15-14-19-34(33)36)63-51(77)40(26-70)65-48(74)35(10-2)61-55(81)44(46(73)28(3)4)68-52(78)41(27-71)66-54(80)43(31(8)72)67-56(45)82/h10-15,17-20,24-25,28-31,37,39-47,60,70-73H,9,16,21-23,26-27,58-59H2,1-8H3,(H,61,81)(H,62,76)(H,63,77)(H,64,75)(H,65,74)(H,66,80)(H,67,82)(H,68,78)(H,69,79)/b35-10+,38-24-/t30-,31+,37-,39+,40-,41+,42+,43-,44-,45-,46-,47+/m0/s1. The van der Waals surface area contributed by atoms with Crippen LogP contribution >= 0.6 is 0 Å². The molecule has 1 fully saturated rings. The number of rotatable bonds is 16. The van der Waals surface area contributed by atoms with Gasteiger partial charge in [0.25, 0.3) is 11.8 Å². The Morgan fingerprint density at radius 2 is 1.26 bits per heavy atom. The van der Waals surface area contributed by atoms with Crippen molar-refractivity contribution < 1.29 is 73.1 Å². The Hall–Kier alpha value is -8.08. The van der Waals surface area contributed by atoms with E-state index in [1.807, 2.05) is 0 Å². The minimum absolute atomic E-state index is 0.0234. The minimum atomic E-state index is -1.98. The predicted molar refractivity (Wildman–Crippen MR) is 307 cm³/mol. The second-order valence-electron chi connectivity index (χ2n) is 21.2. The van der Waals surface area contributed by atoms with Crippen molar-refractivity contribution in [1.29, 1.82) is 0 Å². The summed E-state index contributed by atoms with van der Waals surface area (Å²) in [7, 11) is 0. The summed E-state index contributed by atoms with van der Waals surface area (Å²) in [5.74, 6) is -13.5. The Morgan fingerprint density at radius 1 is 0.690 bits per heavy atom. The van der Waals surface area contributed by atoms with Gasteiger partial charge in [-0.15, -0.1) is 0 Å². The van der Waals surface area contributed by atoms with Gasteiger partial charge in [-0.1, -0.05) is 103 Å². The first kappa shape index (κ1) is 68.4. The zero-order valence-electron chi connectivity index (χ0n) is 48.4. The van der Waals surface area contributed by atoms with Gasteiger partial charge in [-0.2, -0.15) is 0 Å². The molecule has 27 nitrogen and oxygen atoms in total. The Balaban J connectivity index is 1.95. The highest BCUT2D eigenvalue weighted by Crippen LogP contribution is 2.22. The lowest BCUT2D eigenvalue weighted by Gasteiger charge is -2.34. The van der Waals surface area contributed by atoms with Crippen molar-refractivity contribution in [3.63, 3.8) is 0 Å². The lowest BCUT2D eigenvalue weighted by atomic mass is 9.95. The zero-order chi connectivity index (χ0) is 62.5. The molecule has 4 rings (SSSR count). The Bertz CT molecular complexity index is 2860. The van der Waals surface area contributed by atoms with Crippen molar-refractivity contribution >= 4 is 76.1 Å². The van der Waals surface area contributed by atoms with E-state index in [2.05, 4.69) is 52.8 Å². The number of fused-ring (bicyclic) bond motifs is 1. The van der Waals surface area contributed by atoms with Crippen LogP contribution < -0.4 is 59.3 Å². The van der Waals surface area contributed by atoms with Gasteiger partial charge in [0.05, 0.1) is 31.5 Å². The largest absolute Gasteiger partial charge is 0.458 e. The lowest BCUT2D eigenvalue weighted by molar-refractivity contribution is -0.160. The summed E-state index contributed by atoms with van der Waals surface area (Å²) in [6.07, 6.45) is -1.08. The first-order valence-electron chi connectivity index (χ1n) is 27.8. The van der Waals surface area contributed by atoms with E-state index in [-0.39, 0.29) is 25.8 Å². The number of para-hydroxylation sites is 1. The number of ether oxygens (including phenoxy) is 1. The third-order valence-electron chi connectivity index (χ3n) is 14.1. The normalized spacial score (nSPS) is 25.1. The summed E-state index contributed by atoms with van der Waals surface area (Å²) < 4.78 is 6.11. The molecular formula is C57H82N12O15. The number of esters is 1. The summed E-state index contributed by atoms with van der Waals surface area (Å²) >= 11 is 0. The Labute approximate surface area is 486 Å². The number of H-pyrrole nitrogens is 1. The fourth-order valence-corrected chi connectivity index (χ4v) is 8.70. The van der Waals surface area contributed by atoms with Gasteiger partial charge in [0.1, 0.15) is 59.8 Å². The smallest absolute Gasteiger partial charge is 0.329 e. The quantitative estimate of drug-likeness (QED) is 0.0515. The van der Waals surface area contributed by atoms with E-state index >= 15 is 0 Å². The van der Waals surface area contributed by atoms with E-state index in [1.165, 1.54) is 46.9 Å². The highest BCUT2D eigenvalue weighted by Gasteiger charge is 2.42. The van der Waals surface area contributed by atoms with Crippen molar-refractivity contribution in [2.45, 2.75) is 148 Å². The van der Waals surface area contributed by atoms with Gasteiger partial charge in [0, 0.05) is 29.1 Å². The molecule has 1 aromatic heterocycles. The third kappa shape index (κ3) is 19.0. The van der Waals surface area contributed by atoms with Gasteiger partial charge >= 0.3 is 5.97 Å². The number of carbonyl (C=O) groups is 10. The number of aliphatic hydroxyl groups is 4. The second kappa shape index (κ2) is 32.7. The number of cyclic esters (lactones) is 1. The number of nitrogens with two attached hydrogens (primary N) is 2. The van der Waals surface area contributed by atoms with Crippen LogP contribution in [0.4, 0.5) is 0 Å². The molecule has 1 saturated heterocycles. The maximum Gasteiger partial charge on any atom is 0.329 e. The lowest BCUT2D eigenvalue weighted by Crippen LogP contribution is -2.65. The number of hydrogen-bond acceptors (Lipinski definition) is 17. The second-order valence-corrected chi connectivity index (χ2v) is 21.2. The van der Waals surface area contributed by atoms with Gasteiger partial charge < -0.3 is 89.5 Å². The summed E-state index contributed by atoms with van der Waals surface area (Å²) in [5, 5.41) is 65.4. The maximum absolute atomic E-state index is 14.8. The SMILES string of the molecule is C/C=C1/NC(=O)[C@H]([C@@H](O)C(C)C)NC(=O)[C@@H](CO)NC(=O)[C@H]([C@@H](C)O)NC(=O)[C@@H](NC(=O)[C@H](N)[C@@H](C)CC)[C@@H](C(C)C)OC(=O)[C@@H](Cc2ccccc2)NC(=O)[C@H](CCCN)NC(=O)/C(=C/c2c[nH]c3ccccc23)NC(=O)[C@H](CO)NC1=O. The number of aromatic amines is 1. The van der Waals surface area contributed by atoms with Gasteiger partial charge in [0.15, 0.2) is 0 Å². The fourth-order valence-electron chi connectivity index (χ4n) is 8.70. The molecule has 12 atom stereocenters. The molecule has 0 radical (unpaired) electrons.